The second-order valence-electron chi connectivity index (χ2n) is 5.76. The zero-order valence-electron chi connectivity index (χ0n) is 13.1. The summed E-state index contributed by atoms with van der Waals surface area (Å²) in [6.07, 6.45) is 4.69. The highest BCUT2D eigenvalue weighted by Crippen LogP contribution is 2.10. The normalized spacial score (nSPS) is 21.0. The quantitative estimate of drug-likeness (QED) is 0.784. The fraction of sp³-hybridized carbons (Fsp3) is 0.867. The molecule has 2 fully saturated rings. The van der Waals surface area contributed by atoms with E-state index in [-0.39, 0.29) is 12.0 Å². The van der Waals surface area contributed by atoms with Gasteiger partial charge < -0.3 is 14.5 Å². The minimum atomic E-state index is -0.267. The molecule has 120 valence electrons. The lowest BCUT2D eigenvalue weighted by molar-refractivity contribution is -0.134. The second-order valence-corrected chi connectivity index (χ2v) is 5.76. The predicted molar refractivity (Wildman–Crippen MR) is 80.1 cm³/mol. The first-order valence-electron chi connectivity index (χ1n) is 8.12. The van der Waals surface area contributed by atoms with Gasteiger partial charge in [-0.15, -0.1) is 0 Å². The van der Waals surface area contributed by atoms with Crippen LogP contribution in [-0.4, -0.2) is 79.1 Å². The van der Waals surface area contributed by atoms with Crippen LogP contribution in [0.25, 0.3) is 0 Å². The Hall–Kier alpha value is -1.30. The first-order chi connectivity index (χ1) is 10.2. The van der Waals surface area contributed by atoms with Crippen molar-refractivity contribution in [1.82, 2.24) is 14.7 Å². The number of ether oxygens (including phenoxy) is 1. The van der Waals surface area contributed by atoms with Crippen molar-refractivity contribution in [3.63, 3.8) is 0 Å². The van der Waals surface area contributed by atoms with Crippen molar-refractivity contribution in [2.24, 2.45) is 0 Å². The van der Waals surface area contributed by atoms with Crippen LogP contribution in [0.4, 0.5) is 4.79 Å². The standard InChI is InChI=1S/C15H27N3O3/c1-2-21-15(20)18-11-9-17(10-12-18)14(19)13-16-7-5-3-4-6-8-16/h2-13H2,1H3. The van der Waals surface area contributed by atoms with Crippen molar-refractivity contribution in [3.8, 4) is 0 Å². The molecule has 2 aliphatic rings. The highest BCUT2D eigenvalue weighted by atomic mass is 16.6. The Balaban J connectivity index is 1.73. The van der Waals surface area contributed by atoms with Crippen molar-refractivity contribution >= 4 is 12.0 Å². The van der Waals surface area contributed by atoms with Crippen LogP contribution in [0.3, 0.4) is 0 Å². The molecule has 21 heavy (non-hydrogen) atoms. The molecule has 0 bridgehead atoms. The van der Waals surface area contributed by atoms with Crippen molar-refractivity contribution < 1.29 is 14.3 Å². The molecular formula is C15H27N3O3. The second kappa shape index (κ2) is 8.22. The number of carbonyl (C=O) groups is 2. The lowest BCUT2D eigenvalue weighted by Crippen LogP contribution is -2.52. The van der Waals surface area contributed by atoms with Crippen LogP contribution in [0.1, 0.15) is 32.6 Å². The number of piperazine rings is 1. The molecule has 2 aliphatic heterocycles. The van der Waals surface area contributed by atoms with E-state index in [1.165, 1.54) is 25.7 Å². The summed E-state index contributed by atoms with van der Waals surface area (Å²) in [5.74, 6) is 0.195. The Morgan fingerprint density at radius 1 is 0.857 bits per heavy atom. The number of likely N-dealkylation sites (tertiary alicyclic amines) is 1. The molecule has 2 rings (SSSR count). The van der Waals surface area contributed by atoms with Gasteiger partial charge in [-0.2, -0.15) is 0 Å². The van der Waals surface area contributed by atoms with E-state index in [0.717, 1.165) is 13.1 Å². The summed E-state index contributed by atoms with van der Waals surface area (Å²) in [5.41, 5.74) is 0. The largest absolute Gasteiger partial charge is 0.450 e. The molecule has 0 aromatic heterocycles. The Morgan fingerprint density at radius 3 is 2.00 bits per heavy atom. The van der Waals surface area contributed by atoms with Gasteiger partial charge in [0, 0.05) is 26.2 Å². The van der Waals surface area contributed by atoms with Crippen LogP contribution in [0.15, 0.2) is 0 Å². The molecule has 2 amide bonds. The van der Waals surface area contributed by atoms with Gasteiger partial charge in [0.15, 0.2) is 0 Å². The molecule has 0 saturated carbocycles. The molecule has 0 N–H and O–H groups in total. The summed E-state index contributed by atoms with van der Waals surface area (Å²) in [6, 6.07) is 0. The zero-order valence-corrected chi connectivity index (χ0v) is 13.1. The predicted octanol–water partition coefficient (Wildman–Crippen LogP) is 1.16. The fourth-order valence-corrected chi connectivity index (χ4v) is 2.94. The van der Waals surface area contributed by atoms with Crippen LogP contribution < -0.4 is 0 Å². The molecule has 0 aromatic carbocycles. The van der Waals surface area contributed by atoms with E-state index < -0.39 is 0 Å². The van der Waals surface area contributed by atoms with Gasteiger partial charge in [0.2, 0.25) is 5.91 Å². The summed E-state index contributed by atoms with van der Waals surface area (Å²) < 4.78 is 4.99. The molecule has 0 radical (unpaired) electrons. The van der Waals surface area contributed by atoms with Gasteiger partial charge in [-0.1, -0.05) is 12.8 Å². The molecular weight excluding hydrogens is 270 g/mol. The third kappa shape index (κ3) is 4.88. The molecule has 2 saturated heterocycles. The van der Waals surface area contributed by atoms with Crippen LogP contribution in [0.5, 0.6) is 0 Å². The summed E-state index contributed by atoms with van der Waals surface area (Å²) in [5, 5.41) is 0. The minimum Gasteiger partial charge on any atom is -0.450 e. The number of nitrogens with zero attached hydrogens (tertiary/aromatic N) is 3. The monoisotopic (exact) mass is 297 g/mol. The summed E-state index contributed by atoms with van der Waals surface area (Å²) in [4.78, 5) is 29.8. The molecule has 0 aliphatic carbocycles. The van der Waals surface area contributed by atoms with Gasteiger partial charge in [0.05, 0.1) is 13.2 Å². The van der Waals surface area contributed by atoms with E-state index in [2.05, 4.69) is 4.90 Å². The maximum absolute atomic E-state index is 12.3. The minimum absolute atomic E-state index is 0.195. The molecule has 6 nitrogen and oxygen atoms in total. The molecule has 0 atom stereocenters. The first-order valence-corrected chi connectivity index (χ1v) is 8.12. The number of hydrogen-bond donors (Lipinski definition) is 0. The van der Waals surface area contributed by atoms with Crippen LogP contribution in [-0.2, 0) is 9.53 Å². The summed E-state index contributed by atoms with van der Waals surface area (Å²) in [7, 11) is 0. The van der Waals surface area contributed by atoms with Crippen molar-refractivity contribution in [3.05, 3.63) is 0 Å². The van der Waals surface area contributed by atoms with Gasteiger partial charge in [-0.25, -0.2) is 4.79 Å². The highest BCUT2D eigenvalue weighted by Gasteiger charge is 2.25. The third-order valence-electron chi connectivity index (χ3n) is 4.22. The van der Waals surface area contributed by atoms with E-state index in [1.807, 2.05) is 4.90 Å². The van der Waals surface area contributed by atoms with Gasteiger partial charge in [-0.05, 0) is 32.9 Å². The number of amides is 2. The van der Waals surface area contributed by atoms with Gasteiger partial charge in [-0.3, -0.25) is 9.69 Å². The Morgan fingerprint density at radius 2 is 1.43 bits per heavy atom. The van der Waals surface area contributed by atoms with E-state index in [0.29, 0.717) is 39.3 Å². The molecule has 2 heterocycles. The smallest absolute Gasteiger partial charge is 0.409 e. The van der Waals surface area contributed by atoms with Crippen molar-refractivity contribution in [2.75, 3.05) is 52.4 Å². The molecule has 0 aromatic rings. The van der Waals surface area contributed by atoms with Gasteiger partial charge >= 0.3 is 6.09 Å². The van der Waals surface area contributed by atoms with Crippen LogP contribution >= 0.6 is 0 Å². The van der Waals surface area contributed by atoms with Crippen molar-refractivity contribution in [2.45, 2.75) is 32.6 Å². The Labute approximate surface area is 127 Å². The molecule has 0 spiro atoms. The van der Waals surface area contributed by atoms with Crippen LogP contribution in [0, 0.1) is 0 Å². The SMILES string of the molecule is CCOC(=O)N1CCN(C(=O)CN2CCCCCC2)CC1. The lowest BCUT2D eigenvalue weighted by atomic mass is 10.2. The van der Waals surface area contributed by atoms with E-state index in [4.69, 9.17) is 4.74 Å². The lowest BCUT2D eigenvalue weighted by Gasteiger charge is -2.35. The number of rotatable bonds is 3. The average Bonchev–Trinajstić information content (AvgIpc) is 2.76. The Bertz CT molecular complexity index is 346. The van der Waals surface area contributed by atoms with E-state index in [9.17, 15) is 9.59 Å². The Kier molecular flexibility index (Phi) is 6.29. The van der Waals surface area contributed by atoms with Crippen LogP contribution in [0.2, 0.25) is 0 Å². The molecule has 6 heteroatoms. The number of carbonyl (C=O) groups excluding carboxylic acids is 2. The summed E-state index contributed by atoms with van der Waals surface area (Å²) >= 11 is 0. The fourth-order valence-electron chi connectivity index (χ4n) is 2.94. The van der Waals surface area contributed by atoms with Gasteiger partial charge in [0.25, 0.3) is 0 Å². The zero-order chi connectivity index (χ0) is 15.1. The average molecular weight is 297 g/mol. The topological polar surface area (TPSA) is 53.1 Å². The maximum Gasteiger partial charge on any atom is 0.409 e. The third-order valence-corrected chi connectivity index (χ3v) is 4.22. The first kappa shape index (κ1) is 16.1. The van der Waals surface area contributed by atoms with E-state index in [1.54, 1.807) is 11.8 Å². The maximum atomic E-state index is 12.3. The van der Waals surface area contributed by atoms with Crippen molar-refractivity contribution in [1.29, 1.82) is 0 Å². The number of hydrogen-bond acceptors (Lipinski definition) is 4. The highest BCUT2D eigenvalue weighted by molar-refractivity contribution is 5.78. The molecule has 0 unspecified atom stereocenters. The van der Waals surface area contributed by atoms with Gasteiger partial charge in [0.1, 0.15) is 0 Å². The summed E-state index contributed by atoms with van der Waals surface area (Å²) in [6.45, 7) is 7.18. The van der Waals surface area contributed by atoms with E-state index >= 15 is 0 Å².